The van der Waals surface area contributed by atoms with Gasteiger partial charge in [0.1, 0.15) is 13.0 Å². The summed E-state index contributed by atoms with van der Waals surface area (Å²) in [6, 6.07) is 1.76. The zero-order valence-electron chi connectivity index (χ0n) is 10.3. The predicted molar refractivity (Wildman–Crippen MR) is 64.5 cm³/mol. The van der Waals surface area contributed by atoms with E-state index in [2.05, 4.69) is 11.2 Å². The van der Waals surface area contributed by atoms with Crippen molar-refractivity contribution < 1.29 is 19.0 Å². The highest BCUT2D eigenvalue weighted by Crippen LogP contribution is 1.81. The smallest absolute Gasteiger partial charge is 0.234 e. The molecule has 0 rings (SSSR count). The van der Waals surface area contributed by atoms with E-state index in [1.165, 1.54) is 0 Å². The third-order valence-corrected chi connectivity index (χ3v) is 1.74. The quantitative estimate of drug-likeness (QED) is 0.404. The molecule has 0 heterocycles. The van der Waals surface area contributed by atoms with Crippen molar-refractivity contribution in [2.45, 2.75) is 6.42 Å². The summed E-state index contributed by atoms with van der Waals surface area (Å²) < 4.78 is 15.4. The maximum absolute atomic E-state index is 10.9. The Balaban J connectivity index is 3.06. The summed E-state index contributed by atoms with van der Waals surface area (Å²) in [5.74, 6) is 2.07. The average molecular weight is 254 g/mol. The molecule has 0 aromatic heterocycles. The van der Waals surface area contributed by atoms with Gasteiger partial charge in [-0.25, -0.2) is 0 Å². The average Bonchev–Trinajstić information content (AvgIpc) is 2.36. The van der Waals surface area contributed by atoms with Gasteiger partial charge in [0.2, 0.25) is 5.91 Å². The van der Waals surface area contributed by atoms with Gasteiger partial charge in [0.25, 0.3) is 0 Å². The summed E-state index contributed by atoms with van der Waals surface area (Å²) in [5.41, 5.74) is 0. The molecule has 0 saturated carbocycles. The van der Waals surface area contributed by atoms with E-state index in [0.717, 1.165) is 0 Å². The highest BCUT2D eigenvalue weighted by Gasteiger charge is 1.97. The fourth-order valence-corrected chi connectivity index (χ4v) is 0.968. The molecule has 0 aliphatic heterocycles. The molecule has 0 aliphatic carbocycles. The fraction of sp³-hybridized carbons (Fsp3) is 0.667. The van der Waals surface area contributed by atoms with Crippen molar-refractivity contribution in [1.82, 2.24) is 5.32 Å². The molecule has 0 atom stereocenters. The molecular formula is C12H18N2O4. The summed E-state index contributed by atoms with van der Waals surface area (Å²) in [4.78, 5) is 10.9. The first-order chi connectivity index (χ1) is 8.81. The minimum atomic E-state index is -0.289. The van der Waals surface area contributed by atoms with E-state index in [9.17, 15) is 4.79 Å². The third kappa shape index (κ3) is 12.5. The molecule has 100 valence electrons. The van der Waals surface area contributed by atoms with Crippen LogP contribution in [0.15, 0.2) is 0 Å². The normalized spacial score (nSPS) is 9.44. The van der Waals surface area contributed by atoms with Crippen LogP contribution in [0.4, 0.5) is 0 Å². The van der Waals surface area contributed by atoms with E-state index in [1.54, 1.807) is 6.07 Å². The summed E-state index contributed by atoms with van der Waals surface area (Å²) in [6.07, 6.45) is 4.87. The molecule has 6 heteroatoms. The molecule has 6 nitrogen and oxygen atoms in total. The van der Waals surface area contributed by atoms with Gasteiger partial charge in [0.15, 0.2) is 0 Å². The topological polar surface area (TPSA) is 80.6 Å². The Bertz CT molecular complexity index is 293. The molecule has 0 fully saturated rings. The van der Waals surface area contributed by atoms with Crippen LogP contribution in [-0.2, 0) is 19.0 Å². The number of carbonyl (C=O) groups is 1. The van der Waals surface area contributed by atoms with E-state index in [1.807, 2.05) is 0 Å². The standard InChI is InChI=1S/C12H18N2O4/c1-2-6-16-8-10-18-11-9-17-7-5-14-12(15)3-4-13/h1H,3,5-11H2,(H,14,15). The first-order valence-electron chi connectivity index (χ1n) is 5.61. The lowest BCUT2D eigenvalue weighted by Crippen LogP contribution is -2.27. The Morgan fingerprint density at radius 3 is 2.33 bits per heavy atom. The number of hydrogen-bond donors (Lipinski definition) is 1. The van der Waals surface area contributed by atoms with Gasteiger partial charge >= 0.3 is 0 Å². The first kappa shape index (κ1) is 16.4. The van der Waals surface area contributed by atoms with Gasteiger partial charge in [0, 0.05) is 6.54 Å². The van der Waals surface area contributed by atoms with Gasteiger partial charge in [-0.15, -0.1) is 6.42 Å². The van der Waals surface area contributed by atoms with Crippen LogP contribution in [0.1, 0.15) is 6.42 Å². The molecule has 0 aromatic carbocycles. The van der Waals surface area contributed by atoms with E-state index in [4.69, 9.17) is 25.9 Å². The molecular weight excluding hydrogens is 236 g/mol. The van der Waals surface area contributed by atoms with Crippen LogP contribution in [-0.4, -0.2) is 52.1 Å². The number of nitriles is 1. The van der Waals surface area contributed by atoms with Crippen LogP contribution in [0, 0.1) is 23.7 Å². The lowest BCUT2D eigenvalue weighted by molar-refractivity contribution is -0.120. The number of ether oxygens (including phenoxy) is 3. The van der Waals surface area contributed by atoms with E-state index in [-0.39, 0.29) is 12.3 Å². The zero-order chi connectivity index (χ0) is 13.5. The lowest BCUT2D eigenvalue weighted by atomic mass is 10.4. The van der Waals surface area contributed by atoms with Gasteiger partial charge in [-0.05, 0) is 0 Å². The molecule has 0 aromatic rings. The Kier molecular flexibility index (Phi) is 12.3. The third-order valence-electron chi connectivity index (χ3n) is 1.74. The van der Waals surface area contributed by atoms with Crippen molar-refractivity contribution in [2.75, 3.05) is 46.2 Å². The summed E-state index contributed by atoms with van der Waals surface area (Å²) in [6.45, 7) is 2.94. The minimum absolute atomic E-state index is 0.124. The molecule has 0 saturated heterocycles. The number of nitrogens with one attached hydrogen (secondary N) is 1. The van der Waals surface area contributed by atoms with Crippen LogP contribution in [0.5, 0.6) is 0 Å². The van der Waals surface area contributed by atoms with Crippen molar-refractivity contribution in [3.8, 4) is 18.4 Å². The largest absolute Gasteiger partial charge is 0.377 e. The van der Waals surface area contributed by atoms with E-state index < -0.39 is 0 Å². The van der Waals surface area contributed by atoms with E-state index >= 15 is 0 Å². The molecule has 1 N–H and O–H groups in total. The Morgan fingerprint density at radius 2 is 1.72 bits per heavy atom. The van der Waals surface area contributed by atoms with Gasteiger partial charge in [-0.3, -0.25) is 4.79 Å². The number of nitrogens with zero attached hydrogens (tertiary/aromatic N) is 1. The maximum Gasteiger partial charge on any atom is 0.234 e. The van der Waals surface area contributed by atoms with Gasteiger partial charge in [0.05, 0.1) is 39.1 Å². The van der Waals surface area contributed by atoms with Crippen LogP contribution < -0.4 is 5.32 Å². The second-order valence-electron chi connectivity index (χ2n) is 3.17. The maximum atomic E-state index is 10.9. The second-order valence-corrected chi connectivity index (χ2v) is 3.17. The molecule has 18 heavy (non-hydrogen) atoms. The summed E-state index contributed by atoms with van der Waals surface area (Å²) >= 11 is 0. The fourth-order valence-electron chi connectivity index (χ4n) is 0.968. The molecule has 0 bridgehead atoms. The van der Waals surface area contributed by atoms with E-state index in [0.29, 0.717) is 46.2 Å². The monoisotopic (exact) mass is 254 g/mol. The highest BCUT2D eigenvalue weighted by molar-refractivity contribution is 5.77. The van der Waals surface area contributed by atoms with Crippen molar-refractivity contribution in [2.24, 2.45) is 0 Å². The van der Waals surface area contributed by atoms with Crippen molar-refractivity contribution >= 4 is 5.91 Å². The number of hydrogen-bond acceptors (Lipinski definition) is 5. The molecule has 0 radical (unpaired) electrons. The summed E-state index contributed by atoms with van der Waals surface area (Å²) in [7, 11) is 0. The number of rotatable bonds is 11. The van der Waals surface area contributed by atoms with Crippen LogP contribution >= 0.6 is 0 Å². The highest BCUT2D eigenvalue weighted by atomic mass is 16.5. The Hall–Kier alpha value is -1.60. The predicted octanol–water partition coefficient (Wildman–Crippen LogP) is -0.301. The SMILES string of the molecule is C#CCOCCOCCOCCNC(=O)CC#N. The van der Waals surface area contributed by atoms with Crippen molar-refractivity contribution in [3.63, 3.8) is 0 Å². The van der Waals surface area contributed by atoms with Gasteiger partial charge < -0.3 is 19.5 Å². The van der Waals surface area contributed by atoms with Crippen molar-refractivity contribution in [3.05, 3.63) is 0 Å². The zero-order valence-corrected chi connectivity index (χ0v) is 10.3. The lowest BCUT2D eigenvalue weighted by Gasteiger charge is -2.06. The van der Waals surface area contributed by atoms with Gasteiger partial charge in [-0.1, -0.05) is 5.92 Å². The molecule has 0 unspecified atom stereocenters. The van der Waals surface area contributed by atoms with Crippen molar-refractivity contribution in [1.29, 1.82) is 5.26 Å². The number of terminal acetylenes is 1. The second kappa shape index (κ2) is 13.5. The Morgan fingerprint density at radius 1 is 1.11 bits per heavy atom. The number of amides is 1. The molecule has 0 spiro atoms. The number of carbonyl (C=O) groups excluding carboxylic acids is 1. The minimum Gasteiger partial charge on any atom is -0.377 e. The first-order valence-corrected chi connectivity index (χ1v) is 5.61. The van der Waals surface area contributed by atoms with Crippen LogP contribution in [0.25, 0.3) is 0 Å². The molecule has 1 amide bonds. The molecule has 0 aliphatic rings. The summed E-state index contributed by atoms with van der Waals surface area (Å²) in [5, 5.41) is 10.8. The Labute approximate surface area is 107 Å². The van der Waals surface area contributed by atoms with Crippen LogP contribution in [0.2, 0.25) is 0 Å². The van der Waals surface area contributed by atoms with Crippen LogP contribution in [0.3, 0.4) is 0 Å². The van der Waals surface area contributed by atoms with Gasteiger partial charge in [-0.2, -0.15) is 5.26 Å².